The summed E-state index contributed by atoms with van der Waals surface area (Å²) in [6.07, 6.45) is 1.74. The third kappa shape index (κ3) is 4.52. The Morgan fingerprint density at radius 1 is 1.15 bits per heavy atom. The van der Waals surface area contributed by atoms with E-state index in [9.17, 15) is 24.3 Å². The molecule has 39 heavy (non-hydrogen) atoms. The number of amides is 4. The molecule has 6 rings (SSSR count). The summed E-state index contributed by atoms with van der Waals surface area (Å²) in [6.45, 7) is 0.775. The number of carbonyl (C=O) groups is 4. The van der Waals surface area contributed by atoms with Crippen molar-refractivity contribution in [2.24, 2.45) is 0 Å². The number of aromatic carboxylic acids is 1. The minimum Gasteiger partial charge on any atom is -0.486 e. The number of urea groups is 1. The number of hydrogen-bond donors (Lipinski definition) is 4. The largest absolute Gasteiger partial charge is 0.486 e. The molecule has 1 unspecified atom stereocenters. The molecule has 13 heteroatoms. The van der Waals surface area contributed by atoms with Gasteiger partial charge in [0.1, 0.15) is 25.3 Å². The van der Waals surface area contributed by atoms with Crippen molar-refractivity contribution in [3.05, 3.63) is 70.9 Å². The third-order valence-electron chi connectivity index (χ3n) is 6.53. The Kier molecular flexibility index (Phi) is 6.11. The van der Waals surface area contributed by atoms with Gasteiger partial charge in [0.05, 0.1) is 0 Å². The normalized spacial score (nSPS) is 17.2. The number of para-hydroxylation sites is 1. The van der Waals surface area contributed by atoms with Gasteiger partial charge in [0.25, 0.3) is 5.91 Å². The van der Waals surface area contributed by atoms with Crippen molar-refractivity contribution in [2.45, 2.75) is 18.5 Å². The highest BCUT2D eigenvalue weighted by atomic mass is 32.1. The number of carboxylic acid groups (broad SMARTS) is 1. The first-order valence-corrected chi connectivity index (χ1v) is 12.8. The Bertz CT molecular complexity index is 1630. The van der Waals surface area contributed by atoms with Crippen LogP contribution >= 0.6 is 11.3 Å². The van der Waals surface area contributed by atoms with Gasteiger partial charge in [-0.1, -0.05) is 24.3 Å². The first-order valence-electron chi connectivity index (χ1n) is 12.0. The number of rotatable bonds is 7. The van der Waals surface area contributed by atoms with Gasteiger partial charge in [0, 0.05) is 28.9 Å². The number of ether oxygens (including phenoxy) is 2. The number of hydrogen-bond acceptors (Lipinski definition) is 8. The van der Waals surface area contributed by atoms with E-state index < -0.39 is 35.9 Å². The zero-order valence-electron chi connectivity index (χ0n) is 20.2. The van der Waals surface area contributed by atoms with E-state index in [0.717, 1.165) is 32.7 Å². The zero-order valence-corrected chi connectivity index (χ0v) is 21.0. The molecule has 12 nitrogen and oxygen atoms in total. The van der Waals surface area contributed by atoms with Crippen LogP contribution in [0.15, 0.2) is 54.0 Å². The topological polar surface area (TPSA) is 163 Å². The molecular formula is C26H21N5O7S. The maximum Gasteiger partial charge on any atom is 0.355 e. The molecule has 2 aliphatic heterocycles. The van der Waals surface area contributed by atoms with E-state index in [1.807, 2.05) is 24.3 Å². The summed E-state index contributed by atoms with van der Waals surface area (Å²) >= 11 is 0.929. The number of nitrogens with one attached hydrogen (secondary N) is 3. The molecule has 4 aromatic rings. The van der Waals surface area contributed by atoms with Crippen molar-refractivity contribution in [3.8, 4) is 11.5 Å². The molecule has 4 N–H and O–H groups in total. The molecule has 0 bridgehead atoms. The molecule has 2 aromatic carbocycles. The monoisotopic (exact) mass is 547 g/mol. The Morgan fingerprint density at radius 2 is 1.95 bits per heavy atom. The first kappa shape index (κ1) is 24.4. The van der Waals surface area contributed by atoms with Gasteiger partial charge in [-0.15, -0.1) is 11.3 Å². The molecule has 2 aliphatic rings. The molecule has 0 aliphatic carbocycles. The van der Waals surface area contributed by atoms with Gasteiger partial charge in [-0.3, -0.25) is 9.59 Å². The summed E-state index contributed by atoms with van der Waals surface area (Å²) in [6, 6.07) is 9.42. The van der Waals surface area contributed by atoms with Crippen molar-refractivity contribution in [3.63, 3.8) is 0 Å². The highest BCUT2D eigenvalue weighted by Gasteiger charge is 2.46. The number of fused-ring (bicyclic) bond motifs is 2. The Hall–Kier alpha value is -4.91. The lowest BCUT2D eigenvalue weighted by Gasteiger charge is -2.24. The number of aromatic nitrogens is 2. The van der Waals surface area contributed by atoms with Crippen LogP contribution < -0.4 is 20.1 Å². The number of thiazole rings is 1. The van der Waals surface area contributed by atoms with Gasteiger partial charge in [-0.05, 0) is 29.3 Å². The Morgan fingerprint density at radius 3 is 2.74 bits per heavy atom. The second-order valence-electron chi connectivity index (χ2n) is 8.91. The quantitative estimate of drug-likeness (QED) is 0.257. The van der Waals surface area contributed by atoms with Crippen LogP contribution in [0, 0.1) is 0 Å². The molecule has 1 fully saturated rings. The highest BCUT2D eigenvalue weighted by molar-refractivity contribution is 7.14. The van der Waals surface area contributed by atoms with Crippen LogP contribution in [0.3, 0.4) is 0 Å². The van der Waals surface area contributed by atoms with E-state index in [-0.39, 0.29) is 17.2 Å². The predicted molar refractivity (Wildman–Crippen MR) is 139 cm³/mol. The van der Waals surface area contributed by atoms with Gasteiger partial charge >= 0.3 is 12.0 Å². The Balaban J connectivity index is 1.32. The first-order chi connectivity index (χ1) is 18.9. The SMILES string of the molecule is O=C(O)c1csc(NC(=O)[C@H](Cc2c[nH]c3ccccc23)N2C(=O)NC(c3ccc4c(c3)OCCO4)C2=O)n1. The standard InChI is InChI=1S/C26H21N5O7S/c32-22(30-25-28-17(12-39-25)24(34)35)18(9-14-11-27-16-4-2-1-3-15(14)16)31-23(33)21(29-26(31)36)13-5-6-19-20(10-13)38-8-7-37-19/h1-6,10-12,18,21,27H,7-9H2,(H,29,36)(H,34,35)(H,28,30,32)/t18-,21?/m0/s1. The van der Waals surface area contributed by atoms with Crippen LogP contribution in [0.2, 0.25) is 0 Å². The number of nitrogens with zero attached hydrogens (tertiary/aromatic N) is 2. The van der Waals surface area contributed by atoms with E-state index in [0.29, 0.717) is 30.3 Å². The summed E-state index contributed by atoms with van der Waals surface area (Å²) in [4.78, 5) is 59.6. The van der Waals surface area contributed by atoms with Crippen LogP contribution in [0.4, 0.5) is 9.93 Å². The molecule has 2 atom stereocenters. The van der Waals surface area contributed by atoms with Gasteiger partial charge in [0.15, 0.2) is 22.3 Å². The van der Waals surface area contributed by atoms with E-state index in [2.05, 4.69) is 20.6 Å². The maximum atomic E-state index is 13.7. The average molecular weight is 548 g/mol. The second-order valence-corrected chi connectivity index (χ2v) is 9.76. The lowest BCUT2D eigenvalue weighted by atomic mass is 10.0. The number of imide groups is 1. The van der Waals surface area contributed by atoms with Gasteiger partial charge in [-0.25, -0.2) is 19.5 Å². The van der Waals surface area contributed by atoms with Gasteiger partial charge in [-0.2, -0.15) is 0 Å². The highest BCUT2D eigenvalue weighted by Crippen LogP contribution is 2.35. The number of benzene rings is 2. The molecule has 198 valence electrons. The van der Waals surface area contributed by atoms with Crippen molar-refractivity contribution in [1.82, 2.24) is 20.2 Å². The fourth-order valence-electron chi connectivity index (χ4n) is 4.68. The van der Waals surface area contributed by atoms with E-state index in [1.165, 1.54) is 5.38 Å². The number of carboxylic acids is 1. The molecule has 4 amide bonds. The van der Waals surface area contributed by atoms with Crippen LogP contribution in [0.5, 0.6) is 11.5 Å². The summed E-state index contributed by atoms with van der Waals surface area (Å²) < 4.78 is 11.2. The zero-order chi connectivity index (χ0) is 27.1. The van der Waals surface area contributed by atoms with Gasteiger partial charge in [0.2, 0.25) is 5.91 Å². The minimum atomic E-state index is -1.25. The van der Waals surface area contributed by atoms with Crippen LogP contribution in [-0.2, 0) is 16.0 Å². The molecular weight excluding hydrogens is 526 g/mol. The molecule has 4 heterocycles. The molecule has 0 radical (unpaired) electrons. The number of anilines is 1. The molecule has 1 saturated heterocycles. The minimum absolute atomic E-state index is 0.0139. The second kappa shape index (κ2) is 9.76. The number of carbonyl (C=O) groups excluding carboxylic acids is 3. The van der Waals surface area contributed by atoms with E-state index in [1.54, 1.807) is 24.4 Å². The van der Waals surface area contributed by atoms with Crippen LogP contribution in [0.1, 0.15) is 27.7 Å². The van der Waals surface area contributed by atoms with E-state index in [4.69, 9.17) is 9.47 Å². The molecule has 0 spiro atoms. The molecule has 2 aromatic heterocycles. The summed E-state index contributed by atoms with van der Waals surface area (Å²) in [5, 5.41) is 16.6. The summed E-state index contributed by atoms with van der Waals surface area (Å²) in [5.41, 5.74) is 1.82. The van der Waals surface area contributed by atoms with Gasteiger partial charge < -0.3 is 30.2 Å². The summed E-state index contributed by atoms with van der Waals surface area (Å²) in [5.74, 6) is -1.52. The number of aromatic amines is 1. The van der Waals surface area contributed by atoms with Crippen LogP contribution in [-0.4, -0.2) is 63.0 Å². The summed E-state index contributed by atoms with van der Waals surface area (Å²) in [7, 11) is 0. The fourth-order valence-corrected chi connectivity index (χ4v) is 5.37. The van der Waals surface area contributed by atoms with Crippen LogP contribution in [0.25, 0.3) is 10.9 Å². The van der Waals surface area contributed by atoms with Crippen molar-refractivity contribution in [1.29, 1.82) is 0 Å². The third-order valence-corrected chi connectivity index (χ3v) is 7.28. The van der Waals surface area contributed by atoms with Crippen molar-refractivity contribution < 1.29 is 33.8 Å². The fraction of sp³-hybridized carbons (Fsp3) is 0.192. The lowest BCUT2D eigenvalue weighted by molar-refractivity contribution is -0.134. The maximum absolute atomic E-state index is 13.7. The van der Waals surface area contributed by atoms with Crippen molar-refractivity contribution in [2.75, 3.05) is 18.5 Å². The number of H-pyrrole nitrogens is 1. The van der Waals surface area contributed by atoms with Crippen molar-refractivity contribution >= 4 is 51.2 Å². The molecule has 0 saturated carbocycles. The Labute approximate surface area is 224 Å². The smallest absolute Gasteiger partial charge is 0.355 e. The van der Waals surface area contributed by atoms with E-state index >= 15 is 0 Å². The predicted octanol–water partition coefficient (Wildman–Crippen LogP) is 2.94. The lowest BCUT2D eigenvalue weighted by Crippen LogP contribution is -2.49. The average Bonchev–Trinajstić information content (AvgIpc) is 3.65.